The Hall–Kier alpha value is -0.160. The lowest BCUT2D eigenvalue weighted by Crippen LogP contribution is -2.19. The summed E-state index contributed by atoms with van der Waals surface area (Å²) in [5.74, 6) is 0. The van der Waals surface area contributed by atoms with Crippen LogP contribution >= 0.6 is 0 Å². The van der Waals surface area contributed by atoms with Crippen molar-refractivity contribution in [2.75, 3.05) is 40.1 Å². The molecule has 0 aromatic heterocycles. The molecule has 0 fully saturated rings. The van der Waals surface area contributed by atoms with Crippen molar-refractivity contribution in [3.63, 3.8) is 0 Å². The first-order valence-electron chi connectivity index (χ1n) is 4.10. The van der Waals surface area contributed by atoms with Crippen LogP contribution < -0.4 is 0 Å². The second-order valence-corrected chi connectivity index (χ2v) is 2.47. The fraction of sp³-hybridized carbons (Fsp3) is 1.00. The Kier molecular flexibility index (Phi) is 21.2. The second kappa shape index (κ2) is 15.3. The molecule has 0 bridgehead atoms. The number of methoxy groups -OCH3 is 1. The molecule has 0 heterocycles. The van der Waals surface area contributed by atoms with Crippen molar-refractivity contribution in [1.29, 1.82) is 0 Å². The number of rotatable bonds is 8. The summed E-state index contributed by atoms with van der Waals surface area (Å²) in [5.41, 5.74) is 0. The molecule has 0 spiro atoms. The van der Waals surface area contributed by atoms with Crippen molar-refractivity contribution in [3.05, 3.63) is 0 Å². The molecule has 0 aliphatic heterocycles. The van der Waals surface area contributed by atoms with Gasteiger partial charge in [0.2, 0.25) is 0 Å². The first kappa shape index (κ1) is 19.4. The van der Waals surface area contributed by atoms with Gasteiger partial charge in [-0.2, -0.15) is 0 Å². The van der Waals surface area contributed by atoms with Crippen molar-refractivity contribution < 1.29 is 19.3 Å². The molecule has 0 radical (unpaired) electrons. The summed E-state index contributed by atoms with van der Waals surface area (Å²) in [6, 6.07) is 0. The number of aliphatic hydroxyl groups excluding tert-OH is 1. The van der Waals surface area contributed by atoms with Crippen LogP contribution in [0.15, 0.2) is 0 Å². The van der Waals surface area contributed by atoms with Gasteiger partial charge in [-0.1, -0.05) is 14.9 Å². The minimum Gasteiger partial charge on any atom is -0.394 e. The summed E-state index contributed by atoms with van der Waals surface area (Å²) in [4.78, 5) is 0. The summed E-state index contributed by atoms with van der Waals surface area (Å²) < 4.78 is 15.2. The van der Waals surface area contributed by atoms with Crippen LogP contribution in [0.1, 0.15) is 21.8 Å². The highest BCUT2D eigenvalue weighted by Crippen LogP contribution is 1.91. The van der Waals surface area contributed by atoms with E-state index in [-0.39, 0.29) is 27.6 Å². The van der Waals surface area contributed by atoms with Gasteiger partial charge in [0.25, 0.3) is 0 Å². The van der Waals surface area contributed by atoms with E-state index in [4.69, 9.17) is 19.3 Å². The molecule has 4 heteroatoms. The molecular weight excluding hydrogens is 184 g/mol. The molecule has 0 rings (SSSR count). The number of ether oxygens (including phenoxy) is 3. The summed E-state index contributed by atoms with van der Waals surface area (Å²) in [6.07, 6.45) is 0.0618. The minimum absolute atomic E-state index is 0. The van der Waals surface area contributed by atoms with Gasteiger partial charge in [0.15, 0.2) is 0 Å². The highest BCUT2D eigenvalue weighted by atomic mass is 16.5. The molecule has 0 aliphatic rings. The zero-order chi connectivity index (χ0) is 9.23. The van der Waals surface area contributed by atoms with Gasteiger partial charge in [0.05, 0.1) is 39.1 Å². The predicted molar refractivity (Wildman–Crippen MR) is 58.7 cm³/mol. The minimum atomic E-state index is 0. The fourth-order valence-electron chi connectivity index (χ4n) is 0.695. The summed E-state index contributed by atoms with van der Waals surface area (Å²) >= 11 is 0. The number of hydrogen-bond acceptors (Lipinski definition) is 4. The van der Waals surface area contributed by atoms with Crippen LogP contribution in [-0.4, -0.2) is 51.4 Å². The van der Waals surface area contributed by atoms with Gasteiger partial charge in [0.1, 0.15) is 0 Å². The van der Waals surface area contributed by atoms with Crippen LogP contribution in [0.4, 0.5) is 0 Å². The highest BCUT2D eigenvalue weighted by Gasteiger charge is 2.00. The van der Waals surface area contributed by atoms with E-state index >= 15 is 0 Å². The summed E-state index contributed by atoms with van der Waals surface area (Å²) in [5, 5.41) is 8.41. The predicted octanol–water partition coefficient (Wildman–Crippen LogP) is 1.32. The zero-order valence-corrected chi connectivity index (χ0v) is 7.78. The average molecular weight is 210 g/mol. The Morgan fingerprint density at radius 1 is 1.14 bits per heavy atom. The fourth-order valence-corrected chi connectivity index (χ4v) is 0.695. The van der Waals surface area contributed by atoms with E-state index in [0.29, 0.717) is 26.4 Å². The van der Waals surface area contributed by atoms with Gasteiger partial charge < -0.3 is 19.3 Å². The van der Waals surface area contributed by atoms with Gasteiger partial charge in [-0.25, -0.2) is 0 Å². The van der Waals surface area contributed by atoms with Crippen LogP contribution in [0.3, 0.4) is 0 Å². The molecule has 0 saturated heterocycles. The van der Waals surface area contributed by atoms with Gasteiger partial charge in [-0.05, 0) is 6.92 Å². The maximum absolute atomic E-state index is 8.41. The Bertz CT molecular complexity index is 78.2. The SMILES string of the molecule is C.C.COCCOC(C)COCCO. The molecule has 0 aromatic rings. The van der Waals surface area contributed by atoms with Crippen molar-refractivity contribution in [2.24, 2.45) is 0 Å². The molecule has 1 unspecified atom stereocenters. The third-order valence-electron chi connectivity index (χ3n) is 1.28. The maximum atomic E-state index is 8.41. The quantitative estimate of drug-likeness (QED) is 0.614. The number of aliphatic hydroxyl groups is 1. The molecule has 90 valence electrons. The van der Waals surface area contributed by atoms with E-state index in [1.165, 1.54) is 0 Å². The standard InChI is InChI=1S/C8H18O4.2CH4/c1-8(7-11-4-3-9)12-6-5-10-2;;/h8-9H,3-7H2,1-2H3;2*1H4. The lowest BCUT2D eigenvalue weighted by molar-refractivity contribution is -0.0292. The Morgan fingerprint density at radius 3 is 2.29 bits per heavy atom. The molecule has 4 nitrogen and oxygen atoms in total. The average Bonchev–Trinajstić information content (AvgIpc) is 2.06. The summed E-state index contributed by atoms with van der Waals surface area (Å²) in [7, 11) is 1.64. The van der Waals surface area contributed by atoms with Crippen LogP contribution in [0.2, 0.25) is 0 Å². The molecule has 0 amide bonds. The smallest absolute Gasteiger partial charge is 0.0781 e. The highest BCUT2D eigenvalue weighted by molar-refractivity contribution is 4.46. The van der Waals surface area contributed by atoms with E-state index in [2.05, 4.69) is 0 Å². The topological polar surface area (TPSA) is 47.9 Å². The van der Waals surface area contributed by atoms with Crippen molar-refractivity contribution in [3.8, 4) is 0 Å². The van der Waals surface area contributed by atoms with Gasteiger partial charge in [0, 0.05) is 7.11 Å². The largest absolute Gasteiger partial charge is 0.394 e. The first-order valence-corrected chi connectivity index (χ1v) is 4.10. The third-order valence-corrected chi connectivity index (χ3v) is 1.28. The van der Waals surface area contributed by atoms with Crippen molar-refractivity contribution in [1.82, 2.24) is 0 Å². The van der Waals surface area contributed by atoms with E-state index in [0.717, 1.165) is 0 Å². The van der Waals surface area contributed by atoms with Gasteiger partial charge in [-0.15, -0.1) is 0 Å². The van der Waals surface area contributed by atoms with E-state index in [9.17, 15) is 0 Å². The van der Waals surface area contributed by atoms with Crippen molar-refractivity contribution >= 4 is 0 Å². The molecule has 0 aliphatic carbocycles. The van der Waals surface area contributed by atoms with Crippen molar-refractivity contribution in [2.45, 2.75) is 27.9 Å². The normalized spacial score (nSPS) is 11.4. The second-order valence-electron chi connectivity index (χ2n) is 2.47. The van der Waals surface area contributed by atoms with E-state index < -0.39 is 0 Å². The van der Waals surface area contributed by atoms with Crippen LogP contribution in [-0.2, 0) is 14.2 Å². The van der Waals surface area contributed by atoms with Gasteiger partial charge in [-0.3, -0.25) is 0 Å². The van der Waals surface area contributed by atoms with Crippen LogP contribution in [0, 0.1) is 0 Å². The molecule has 14 heavy (non-hydrogen) atoms. The Morgan fingerprint density at radius 2 is 1.79 bits per heavy atom. The lowest BCUT2D eigenvalue weighted by Gasteiger charge is -2.12. The molecule has 0 aromatic carbocycles. The maximum Gasteiger partial charge on any atom is 0.0781 e. The number of hydrogen-bond donors (Lipinski definition) is 1. The summed E-state index contributed by atoms with van der Waals surface area (Å²) in [6.45, 7) is 4.06. The van der Waals surface area contributed by atoms with E-state index in [1.807, 2.05) is 6.92 Å². The van der Waals surface area contributed by atoms with Crippen LogP contribution in [0.5, 0.6) is 0 Å². The molecule has 1 atom stereocenters. The van der Waals surface area contributed by atoms with Gasteiger partial charge >= 0.3 is 0 Å². The van der Waals surface area contributed by atoms with E-state index in [1.54, 1.807) is 7.11 Å². The Labute approximate surface area is 88.2 Å². The molecule has 0 saturated carbocycles. The monoisotopic (exact) mass is 210 g/mol. The third kappa shape index (κ3) is 14.4. The van der Waals surface area contributed by atoms with Crippen LogP contribution in [0.25, 0.3) is 0 Å². The molecule has 1 N–H and O–H groups in total. The zero-order valence-electron chi connectivity index (χ0n) is 7.78. The molecular formula is C10H26O4. The lowest BCUT2D eigenvalue weighted by atomic mass is 10.4. The first-order chi connectivity index (χ1) is 5.81. The Balaban J connectivity index is -0.000000605.